The smallest absolute Gasteiger partial charge is 0.340 e. The number of ether oxygens (including phenoxy) is 3. The van der Waals surface area contributed by atoms with Gasteiger partial charge >= 0.3 is 5.97 Å². The minimum absolute atomic E-state index is 0.0761. The number of carbonyl (C=O) groups excluding carboxylic acids is 3. The van der Waals surface area contributed by atoms with Crippen LogP contribution in [0.3, 0.4) is 0 Å². The number of hydrogen-bond acceptors (Lipinski definition) is 6. The summed E-state index contributed by atoms with van der Waals surface area (Å²) in [6, 6.07) is 11.8. The van der Waals surface area contributed by atoms with Gasteiger partial charge in [-0.3, -0.25) is 9.59 Å². The Morgan fingerprint density at radius 1 is 1.03 bits per heavy atom. The summed E-state index contributed by atoms with van der Waals surface area (Å²) < 4.78 is 15.1. The molecule has 1 fully saturated rings. The number of esters is 1. The molecule has 8 nitrogen and oxygen atoms in total. The van der Waals surface area contributed by atoms with E-state index in [1.807, 2.05) is 0 Å². The third-order valence-corrected chi connectivity index (χ3v) is 4.75. The van der Waals surface area contributed by atoms with E-state index in [1.165, 1.54) is 20.3 Å². The van der Waals surface area contributed by atoms with Gasteiger partial charge in [-0.2, -0.15) is 0 Å². The lowest BCUT2D eigenvalue weighted by molar-refractivity contribution is -0.122. The standard InChI is InChI=1S/C21H22N2O6/c1-27-15-6-4-5-14(10-15)23-12-13(9-19(23)24)20(25)22-18-8-7-16(28-2)11-17(18)21(26)29-3/h4-8,10-11,13H,9,12H2,1-3H3,(H,22,25). The number of methoxy groups -OCH3 is 3. The number of amides is 2. The molecule has 1 saturated heterocycles. The molecule has 2 aromatic rings. The zero-order valence-electron chi connectivity index (χ0n) is 16.4. The van der Waals surface area contributed by atoms with Crippen LogP contribution in [0.5, 0.6) is 11.5 Å². The Morgan fingerprint density at radius 2 is 1.76 bits per heavy atom. The van der Waals surface area contributed by atoms with Crippen LogP contribution in [-0.2, 0) is 14.3 Å². The molecule has 0 spiro atoms. The van der Waals surface area contributed by atoms with Gasteiger partial charge in [0.25, 0.3) is 0 Å². The Labute approximate surface area is 168 Å². The topological polar surface area (TPSA) is 94.2 Å². The molecule has 1 aliphatic rings. The van der Waals surface area contributed by atoms with E-state index in [1.54, 1.807) is 48.4 Å². The van der Waals surface area contributed by atoms with Crippen LogP contribution >= 0.6 is 0 Å². The van der Waals surface area contributed by atoms with Crippen LogP contribution in [0.2, 0.25) is 0 Å². The third-order valence-electron chi connectivity index (χ3n) is 4.75. The van der Waals surface area contributed by atoms with Crippen molar-refractivity contribution in [1.82, 2.24) is 0 Å². The van der Waals surface area contributed by atoms with Crippen molar-refractivity contribution >= 4 is 29.2 Å². The Kier molecular flexibility index (Phi) is 6.01. The molecule has 1 atom stereocenters. The largest absolute Gasteiger partial charge is 0.497 e. The van der Waals surface area contributed by atoms with Crippen molar-refractivity contribution in [3.63, 3.8) is 0 Å². The molecule has 0 aliphatic carbocycles. The van der Waals surface area contributed by atoms with Crippen molar-refractivity contribution < 1.29 is 28.6 Å². The number of benzene rings is 2. The minimum Gasteiger partial charge on any atom is -0.497 e. The van der Waals surface area contributed by atoms with Gasteiger partial charge in [0.1, 0.15) is 11.5 Å². The molecule has 8 heteroatoms. The molecule has 152 valence electrons. The zero-order chi connectivity index (χ0) is 21.0. The van der Waals surface area contributed by atoms with E-state index in [4.69, 9.17) is 14.2 Å². The van der Waals surface area contributed by atoms with Crippen LogP contribution in [0, 0.1) is 5.92 Å². The first kappa shape index (κ1) is 20.2. The first-order chi connectivity index (χ1) is 14.0. The molecule has 1 N–H and O–H groups in total. The number of rotatable bonds is 6. The highest BCUT2D eigenvalue weighted by Crippen LogP contribution is 2.29. The highest BCUT2D eigenvalue weighted by atomic mass is 16.5. The summed E-state index contributed by atoms with van der Waals surface area (Å²) in [7, 11) is 4.29. The van der Waals surface area contributed by atoms with Gasteiger partial charge in [0.15, 0.2) is 0 Å². The maximum absolute atomic E-state index is 12.8. The van der Waals surface area contributed by atoms with Crippen LogP contribution in [0.1, 0.15) is 16.8 Å². The SMILES string of the molecule is COC(=O)c1cc(OC)ccc1NC(=O)C1CC(=O)N(c2cccc(OC)c2)C1. The molecule has 2 amide bonds. The van der Waals surface area contributed by atoms with Crippen molar-refractivity contribution in [3.8, 4) is 11.5 Å². The van der Waals surface area contributed by atoms with Crippen molar-refractivity contribution in [3.05, 3.63) is 48.0 Å². The highest BCUT2D eigenvalue weighted by molar-refractivity contribution is 6.06. The lowest BCUT2D eigenvalue weighted by Crippen LogP contribution is -2.28. The van der Waals surface area contributed by atoms with Crippen LogP contribution in [-0.4, -0.2) is 45.7 Å². The fourth-order valence-electron chi connectivity index (χ4n) is 3.18. The molecule has 0 bridgehead atoms. The van der Waals surface area contributed by atoms with Gasteiger partial charge in [-0.05, 0) is 30.3 Å². The molecule has 2 aromatic carbocycles. The highest BCUT2D eigenvalue weighted by Gasteiger charge is 2.35. The molecule has 0 radical (unpaired) electrons. The van der Waals surface area contributed by atoms with E-state index < -0.39 is 11.9 Å². The average Bonchev–Trinajstić information content (AvgIpc) is 3.15. The quantitative estimate of drug-likeness (QED) is 0.752. The van der Waals surface area contributed by atoms with Crippen LogP contribution in [0.25, 0.3) is 0 Å². The predicted molar refractivity (Wildman–Crippen MR) is 106 cm³/mol. The summed E-state index contributed by atoms with van der Waals surface area (Å²) >= 11 is 0. The second kappa shape index (κ2) is 8.64. The van der Waals surface area contributed by atoms with E-state index >= 15 is 0 Å². The molecule has 3 rings (SSSR count). The van der Waals surface area contributed by atoms with E-state index in [2.05, 4.69) is 5.32 Å². The normalized spacial score (nSPS) is 15.8. The Bertz CT molecular complexity index is 943. The van der Waals surface area contributed by atoms with Crippen molar-refractivity contribution in [2.75, 3.05) is 38.1 Å². The number of carbonyl (C=O) groups is 3. The number of hydrogen-bond donors (Lipinski definition) is 1. The molecule has 1 aliphatic heterocycles. The number of anilines is 2. The lowest BCUT2D eigenvalue weighted by Gasteiger charge is -2.18. The van der Waals surface area contributed by atoms with E-state index in [0.29, 0.717) is 22.9 Å². The van der Waals surface area contributed by atoms with Crippen LogP contribution in [0.15, 0.2) is 42.5 Å². The molecule has 0 saturated carbocycles. The van der Waals surface area contributed by atoms with Gasteiger partial charge < -0.3 is 24.4 Å². The molecule has 1 unspecified atom stereocenters. The summed E-state index contributed by atoms with van der Waals surface area (Å²) in [4.78, 5) is 38.8. The van der Waals surface area contributed by atoms with Gasteiger partial charge in [0.2, 0.25) is 11.8 Å². The molecule has 29 heavy (non-hydrogen) atoms. The monoisotopic (exact) mass is 398 g/mol. The minimum atomic E-state index is -0.597. The second-order valence-electron chi connectivity index (χ2n) is 6.50. The first-order valence-corrected chi connectivity index (χ1v) is 8.98. The van der Waals surface area contributed by atoms with Crippen LogP contribution in [0.4, 0.5) is 11.4 Å². The Morgan fingerprint density at radius 3 is 2.45 bits per heavy atom. The van der Waals surface area contributed by atoms with Gasteiger partial charge in [0, 0.05) is 24.7 Å². The molecular weight excluding hydrogens is 376 g/mol. The van der Waals surface area contributed by atoms with Crippen molar-refractivity contribution in [1.29, 1.82) is 0 Å². The maximum atomic E-state index is 12.8. The third kappa shape index (κ3) is 4.31. The van der Waals surface area contributed by atoms with E-state index in [9.17, 15) is 14.4 Å². The van der Waals surface area contributed by atoms with Crippen molar-refractivity contribution in [2.45, 2.75) is 6.42 Å². The Hall–Kier alpha value is -3.55. The van der Waals surface area contributed by atoms with Crippen molar-refractivity contribution in [2.24, 2.45) is 5.92 Å². The fourth-order valence-corrected chi connectivity index (χ4v) is 3.18. The van der Waals surface area contributed by atoms with Gasteiger partial charge in [0.05, 0.1) is 38.5 Å². The summed E-state index contributed by atoms with van der Waals surface area (Å²) in [5.74, 6) is -0.561. The zero-order valence-corrected chi connectivity index (χ0v) is 16.4. The summed E-state index contributed by atoms with van der Waals surface area (Å²) in [6.07, 6.45) is 0.0761. The number of nitrogens with zero attached hydrogens (tertiary/aromatic N) is 1. The summed E-state index contributed by atoms with van der Waals surface area (Å²) in [6.45, 7) is 0.238. The van der Waals surface area contributed by atoms with Crippen LogP contribution < -0.4 is 19.7 Å². The van der Waals surface area contributed by atoms with Gasteiger partial charge in [-0.1, -0.05) is 6.07 Å². The average molecular weight is 398 g/mol. The van der Waals surface area contributed by atoms with E-state index in [-0.39, 0.29) is 30.3 Å². The predicted octanol–water partition coefficient (Wildman–Crippen LogP) is 2.48. The van der Waals surface area contributed by atoms with Gasteiger partial charge in [-0.25, -0.2) is 4.79 Å². The summed E-state index contributed by atoms with van der Waals surface area (Å²) in [5, 5.41) is 2.74. The fraction of sp³-hybridized carbons (Fsp3) is 0.286. The summed E-state index contributed by atoms with van der Waals surface area (Å²) in [5.41, 5.74) is 1.15. The van der Waals surface area contributed by atoms with Gasteiger partial charge in [-0.15, -0.1) is 0 Å². The molecule has 1 heterocycles. The second-order valence-corrected chi connectivity index (χ2v) is 6.50. The number of nitrogens with one attached hydrogen (secondary N) is 1. The molecular formula is C21H22N2O6. The molecule has 0 aromatic heterocycles. The maximum Gasteiger partial charge on any atom is 0.340 e. The van der Waals surface area contributed by atoms with E-state index in [0.717, 1.165) is 0 Å². The first-order valence-electron chi connectivity index (χ1n) is 8.98. The lowest BCUT2D eigenvalue weighted by atomic mass is 10.1. The Balaban J connectivity index is 1.77.